The van der Waals surface area contributed by atoms with E-state index in [1.165, 1.54) is 18.7 Å². The minimum atomic E-state index is -1.22. The fourth-order valence-corrected chi connectivity index (χ4v) is 4.43. The summed E-state index contributed by atoms with van der Waals surface area (Å²) in [7, 11) is 0. The zero-order valence-corrected chi connectivity index (χ0v) is 23.0. The molecular weight excluding hydrogens is 510 g/mol. The molecule has 0 bridgehead atoms. The molecule has 3 amide bonds. The molecule has 2 aromatic rings. The number of para-hydroxylation sites is 1. The first-order valence-electron chi connectivity index (χ1n) is 12.6. The Balaban J connectivity index is 2.32. The first-order chi connectivity index (χ1) is 17.9. The largest absolute Gasteiger partial charge is 0.480 e. The van der Waals surface area contributed by atoms with E-state index in [-0.39, 0.29) is 25.2 Å². The van der Waals surface area contributed by atoms with Gasteiger partial charge in [0, 0.05) is 23.5 Å². The highest BCUT2D eigenvalue weighted by atomic mass is 32.2. The molecule has 1 heterocycles. The van der Waals surface area contributed by atoms with Crippen LogP contribution in [0, 0.1) is 5.92 Å². The zero-order chi connectivity index (χ0) is 28.4. The minimum Gasteiger partial charge on any atom is -0.480 e. The SMILES string of the molecule is CSCCC(NC(=O)C(N)C(C)O)C(=O)NC(Cc1c[nH]c2ccccc12)C(=O)NC(CC(C)C)C(=O)O. The summed E-state index contributed by atoms with van der Waals surface area (Å²) in [4.78, 5) is 54.1. The molecule has 0 aliphatic heterocycles. The number of amides is 3. The van der Waals surface area contributed by atoms with Crippen molar-refractivity contribution in [2.24, 2.45) is 11.7 Å². The summed E-state index contributed by atoms with van der Waals surface area (Å²) in [5.74, 6) is -2.56. The molecule has 0 radical (unpaired) electrons. The van der Waals surface area contributed by atoms with E-state index < -0.39 is 54.0 Å². The fourth-order valence-electron chi connectivity index (χ4n) is 3.96. The lowest BCUT2D eigenvalue weighted by atomic mass is 10.0. The van der Waals surface area contributed by atoms with Gasteiger partial charge in [0.15, 0.2) is 0 Å². The van der Waals surface area contributed by atoms with Crippen LogP contribution in [0.3, 0.4) is 0 Å². The predicted molar refractivity (Wildman–Crippen MR) is 148 cm³/mol. The zero-order valence-electron chi connectivity index (χ0n) is 22.2. The molecule has 5 unspecified atom stereocenters. The van der Waals surface area contributed by atoms with Gasteiger partial charge in [-0.2, -0.15) is 11.8 Å². The van der Waals surface area contributed by atoms with Crippen molar-refractivity contribution in [3.63, 3.8) is 0 Å². The lowest BCUT2D eigenvalue weighted by Crippen LogP contribution is -2.58. The second-order valence-corrected chi connectivity index (χ2v) is 10.7. The van der Waals surface area contributed by atoms with Crippen LogP contribution in [-0.2, 0) is 25.6 Å². The lowest BCUT2D eigenvalue weighted by molar-refractivity contribution is -0.142. The summed E-state index contributed by atoms with van der Waals surface area (Å²) in [6.07, 6.45) is 3.05. The van der Waals surface area contributed by atoms with Gasteiger partial charge < -0.3 is 36.9 Å². The third-order valence-corrected chi connectivity index (χ3v) is 6.76. The highest BCUT2D eigenvalue weighted by molar-refractivity contribution is 7.98. The average Bonchev–Trinajstić information content (AvgIpc) is 3.27. The molecule has 12 heteroatoms. The van der Waals surface area contributed by atoms with Crippen molar-refractivity contribution in [1.29, 1.82) is 0 Å². The van der Waals surface area contributed by atoms with Crippen molar-refractivity contribution in [2.75, 3.05) is 12.0 Å². The average molecular weight is 550 g/mol. The smallest absolute Gasteiger partial charge is 0.326 e. The van der Waals surface area contributed by atoms with Crippen molar-refractivity contribution in [3.05, 3.63) is 36.0 Å². The predicted octanol–water partition coefficient (Wildman–Crippen LogP) is 0.757. The molecule has 1 aromatic heterocycles. The van der Waals surface area contributed by atoms with Gasteiger partial charge in [0.05, 0.1) is 6.10 Å². The molecule has 0 saturated carbocycles. The number of nitrogens with one attached hydrogen (secondary N) is 4. The van der Waals surface area contributed by atoms with Crippen LogP contribution in [0.4, 0.5) is 0 Å². The normalized spacial score (nSPS) is 15.3. The molecule has 8 N–H and O–H groups in total. The number of aromatic nitrogens is 1. The van der Waals surface area contributed by atoms with Crippen molar-refractivity contribution < 1.29 is 29.4 Å². The number of benzene rings is 1. The summed E-state index contributed by atoms with van der Waals surface area (Å²) >= 11 is 1.48. The molecule has 210 valence electrons. The van der Waals surface area contributed by atoms with E-state index in [0.29, 0.717) is 5.75 Å². The Labute approximate surface area is 226 Å². The van der Waals surface area contributed by atoms with Gasteiger partial charge in [0.25, 0.3) is 0 Å². The molecule has 38 heavy (non-hydrogen) atoms. The minimum absolute atomic E-state index is 0.0160. The van der Waals surface area contributed by atoms with Gasteiger partial charge in [-0.05, 0) is 49.3 Å². The van der Waals surface area contributed by atoms with E-state index in [0.717, 1.165) is 16.5 Å². The van der Waals surface area contributed by atoms with Gasteiger partial charge in [0.1, 0.15) is 24.2 Å². The number of rotatable bonds is 15. The molecule has 0 spiro atoms. The molecule has 0 aliphatic carbocycles. The van der Waals surface area contributed by atoms with Gasteiger partial charge in [-0.1, -0.05) is 32.0 Å². The number of carbonyl (C=O) groups is 4. The second kappa shape index (κ2) is 14.7. The van der Waals surface area contributed by atoms with Gasteiger partial charge in [-0.15, -0.1) is 0 Å². The van der Waals surface area contributed by atoms with E-state index in [9.17, 15) is 29.4 Å². The van der Waals surface area contributed by atoms with Crippen molar-refractivity contribution in [2.45, 2.75) is 70.3 Å². The van der Waals surface area contributed by atoms with Crippen molar-refractivity contribution in [3.8, 4) is 0 Å². The van der Waals surface area contributed by atoms with Crippen LogP contribution in [0.5, 0.6) is 0 Å². The Kier molecular flexibility index (Phi) is 12.1. The molecule has 11 nitrogen and oxygen atoms in total. The lowest BCUT2D eigenvalue weighted by Gasteiger charge is -2.26. The first kappa shape index (κ1) is 31.1. The summed E-state index contributed by atoms with van der Waals surface area (Å²) < 4.78 is 0. The summed E-state index contributed by atoms with van der Waals surface area (Å²) in [6, 6.07) is 3.02. The van der Waals surface area contributed by atoms with Crippen molar-refractivity contribution in [1.82, 2.24) is 20.9 Å². The van der Waals surface area contributed by atoms with Crippen LogP contribution in [0.25, 0.3) is 10.9 Å². The topological polar surface area (TPSA) is 187 Å². The Bertz CT molecular complexity index is 1100. The van der Waals surface area contributed by atoms with Crippen molar-refractivity contribution >= 4 is 46.4 Å². The van der Waals surface area contributed by atoms with Crippen LogP contribution in [0.1, 0.15) is 39.2 Å². The number of fused-ring (bicyclic) bond motifs is 1. The monoisotopic (exact) mass is 549 g/mol. The number of carboxylic acids is 1. The molecule has 0 aliphatic rings. The van der Waals surface area contributed by atoms with E-state index in [2.05, 4.69) is 20.9 Å². The maximum atomic E-state index is 13.3. The standard InChI is InChI=1S/C26H39N5O6S/c1-14(2)11-21(26(36)37)31-24(34)20(12-16-13-28-18-8-6-5-7-17(16)18)30-23(33)19(9-10-38-4)29-25(35)22(27)15(3)32/h5-8,13-15,19-22,28,32H,9-12,27H2,1-4H3,(H,29,35)(H,30,33)(H,31,34)(H,36,37). The van der Waals surface area contributed by atoms with Gasteiger partial charge in [0.2, 0.25) is 17.7 Å². The number of H-pyrrole nitrogens is 1. The van der Waals surface area contributed by atoms with E-state index in [4.69, 9.17) is 5.73 Å². The van der Waals surface area contributed by atoms with E-state index in [1.54, 1.807) is 6.20 Å². The van der Waals surface area contributed by atoms with Crippen LogP contribution in [-0.4, -0.2) is 81.2 Å². The Hall–Kier alpha value is -3.09. The molecule has 2 rings (SSSR count). The maximum absolute atomic E-state index is 13.3. The number of aliphatic hydroxyl groups is 1. The molecular formula is C26H39N5O6S. The third kappa shape index (κ3) is 9.03. The molecule has 5 atom stereocenters. The molecule has 0 fully saturated rings. The number of hydrogen-bond acceptors (Lipinski definition) is 7. The number of nitrogens with two attached hydrogens (primary N) is 1. The Morgan fingerprint density at radius 1 is 0.974 bits per heavy atom. The van der Waals surface area contributed by atoms with Crippen LogP contribution in [0.15, 0.2) is 30.5 Å². The Morgan fingerprint density at radius 2 is 1.58 bits per heavy atom. The highest BCUT2D eigenvalue weighted by Gasteiger charge is 2.31. The van der Waals surface area contributed by atoms with E-state index >= 15 is 0 Å². The summed E-state index contributed by atoms with van der Waals surface area (Å²) in [5, 5.41) is 28.0. The number of hydrogen-bond donors (Lipinski definition) is 7. The number of thioether (sulfide) groups is 1. The van der Waals surface area contributed by atoms with Gasteiger partial charge in [-0.25, -0.2) is 4.79 Å². The highest BCUT2D eigenvalue weighted by Crippen LogP contribution is 2.19. The third-order valence-electron chi connectivity index (χ3n) is 6.12. The van der Waals surface area contributed by atoms with Crippen LogP contribution >= 0.6 is 11.8 Å². The Morgan fingerprint density at radius 3 is 2.18 bits per heavy atom. The fraction of sp³-hybridized carbons (Fsp3) is 0.538. The van der Waals surface area contributed by atoms with Gasteiger partial charge >= 0.3 is 5.97 Å². The number of carbonyl (C=O) groups excluding carboxylic acids is 3. The number of aliphatic hydroxyl groups excluding tert-OH is 1. The van der Waals surface area contributed by atoms with Gasteiger partial charge in [-0.3, -0.25) is 14.4 Å². The second-order valence-electron chi connectivity index (χ2n) is 9.76. The van der Waals surface area contributed by atoms with Crippen LogP contribution < -0.4 is 21.7 Å². The maximum Gasteiger partial charge on any atom is 0.326 e. The molecule has 1 aromatic carbocycles. The van der Waals surface area contributed by atoms with Crippen LogP contribution in [0.2, 0.25) is 0 Å². The van der Waals surface area contributed by atoms with E-state index in [1.807, 2.05) is 44.4 Å². The number of aliphatic carboxylic acids is 1. The summed E-state index contributed by atoms with van der Waals surface area (Å²) in [6.45, 7) is 5.08. The number of aromatic amines is 1. The molecule has 0 saturated heterocycles. The first-order valence-corrected chi connectivity index (χ1v) is 13.9. The quantitative estimate of drug-likeness (QED) is 0.170. The number of carboxylic acid groups (broad SMARTS) is 1. The summed E-state index contributed by atoms with van der Waals surface area (Å²) in [5.41, 5.74) is 7.35.